The number of carbonyl (C=O) groups is 3. The number of amides is 1. The number of fused-ring (bicyclic) bond motifs is 1. The van der Waals surface area contributed by atoms with Crippen LogP contribution in [-0.4, -0.2) is 83.5 Å². The molecule has 1 heterocycles. The van der Waals surface area contributed by atoms with Crippen molar-refractivity contribution in [2.24, 2.45) is 0 Å². The van der Waals surface area contributed by atoms with E-state index in [2.05, 4.69) is 42.3 Å². The van der Waals surface area contributed by atoms with Crippen molar-refractivity contribution in [3.63, 3.8) is 0 Å². The minimum atomic E-state index is -1.73. The van der Waals surface area contributed by atoms with Crippen LogP contribution in [0.15, 0.2) is 47.2 Å². The second-order valence-electron chi connectivity index (χ2n) is 10.8. The molecule has 0 aliphatic heterocycles. The number of anilines is 1. The van der Waals surface area contributed by atoms with Crippen LogP contribution in [0.2, 0.25) is 0 Å². The van der Waals surface area contributed by atoms with Gasteiger partial charge in [0, 0.05) is 38.5 Å². The van der Waals surface area contributed by atoms with Gasteiger partial charge in [-0.05, 0) is 81.2 Å². The molecule has 11 heteroatoms. The van der Waals surface area contributed by atoms with Gasteiger partial charge in [-0.1, -0.05) is 24.6 Å². The first-order valence-electron chi connectivity index (χ1n) is 14.7. The molecule has 3 N–H and O–H groups in total. The molecule has 1 amide bonds. The Labute approximate surface area is 252 Å². The second-order valence-corrected chi connectivity index (χ2v) is 10.8. The van der Waals surface area contributed by atoms with Crippen LogP contribution in [-0.2, 0) is 30.3 Å². The van der Waals surface area contributed by atoms with Crippen LogP contribution >= 0.6 is 0 Å². The van der Waals surface area contributed by atoms with Gasteiger partial charge in [-0.25, -0.2) is 14.6 Å². The molecule has 2 aromatic carbocycles. The summed E-state index contributed by atoms with van der Waals surface area (Å²) in [5, 5.41) is 22.1. The predicted octanol–water partition coefficient (Wildman–Crippen LogP) is 4.84. The number of rotatable bonds is 20. The quantitative estimate of drug-likeness (QED) is 0.154. The summed E-state index contributed by atoms with van der Waals surface area (Å²) in [6.07, 6.45) is 3.91. The average Bonchev–Trinajstić information content (AvgIpc) is 3.44. The minimum Gasteiger partial charge on any atom is -0.480 e. The van der Waals surface area contributed by atoms with E-state index in [1.807, 2.05) is 18.2 Å². The number of aliphatic carboxylic acids is 2. The molecule has 0 saturated carbocycles. The number of ether oxygens (including phenoxy) is 2. The van der Waals surface area contributed by atoms with Gasteiger partial charge in [-0.3, -0.25) is 4.79 Å². The molecule has 1 aromatic heterocycles. The summed E-state index contributed by atoms with van der Waals surface area (Å²) < 4.78 is 16.2. The first-order valence-corrected chi connectivity index (χ1v) is 14.7. The van der Waals surface area contributed by atoms with Gasteiger partial charge in [0.1, 0.15) is 12.1 Å². The fourth-order valence-electron chi connectivity index (χ4n) is 4.69. The molecule has 3 aromatic rings. The van der Waals surface area contributed by atoms with Crippen molar-refractivity contribution in [1.82, 2.24) is 9.88 Å². The Kier molecular flexibility index (Phi) is 13.4. The summed E-state index contributed by atoms with van der Waals surface area (Å²) in [6, 6.07) is 12.1. The van der Waals surface area contributed by atoms with Gasteiger partial charge in [0.25, 0.3) is 5.91 Å². The van der Waals surface area contributed by atoms with E-state index in [4.69, 9.17) is 19.0 Å². The number of hydrogen-bond acceptors (Lipinski definition) is 8. The maximum atomic E-state index is 13.3. The lowest BCUT2D eigenvalue weighted by molar-refractivity contribution is -0.175. The van der Waals surface area contributed by atoms with Gasteiger partial charge in [0.2, 0.25) is 0 Å². The van der Waals surface area contributed by atoms with Gasteiger partial charge in [-0.15, -0.1) is 0 Å². The number of aryl methyl sites for hydroxylation is 3. The Morgan fingerprint density at radius 3 is 2.47 bits per heavy atom. The van der Waals surface area contributed by atoms with Crippen LogP contribution in [0, 0.1) is 13.8 Å². The standard InChI is InChI=1S/C32H43N3O8/c1-22-11-12-24(18-23(22)2)10-6-4-9-17-41-29(30(32(39)40)42-20-28(36)37)31(38)35(3)16-8-5-7-15-33-25-13-14-26-27(19-25)43-21-34-26/h11-14,18-19,21,29-30,33H,4-10,15-17,20H2,1-3H3,(H,36,37)(H,39,40). The van der Waals surface area contributed by atoms with Crippen molar-refractivity contribution in [2.75, 3.05) is 38.7 Å². The number of oxazole rings is 1. The lowest BCUT2D eigenvalue weighted by atomic mass is 10.0. The third-order valence-electron chi connectivity index (χ3n) is 7.33. The van der Waals surface area contributed by atoms with E-state index < -0.39 is 36.7 Å². The summed E-state index contributed by atoms with van der Waals surface area (Å²) in [5.41, 5.74) is 6.22. The van der Waals surface area contributed by atoms with Crippen LogP contribution in [0.1, 0.15) is 55.2 Å². The Morgan fingerprint density at radius 2 is 1.72 bits per heavy atom. The molecule has 2 unspecified atom stereocenters. The highest BCUT2D eigenvalue weighted by Gasteiger charge is 2.37. The van der Waals surface area contributed by atoms with Gasteiger partial charge < -0.3 is 34.3 Å². The van der Waals surface area contributed by atoms with Gasteiger partial charge in [0.05, 0.1) is 0 Å². The van der Waals surface area contributed by atoms with E-state index >= 15 is 0 Å². The molecule has 11 nitrogen and oxygen atoms in total. The van der Waals surface area contributed by atoms with Crippen LogP contribution in [0.3, 0.4) is 0 Å². The summed E-state index contributed by atoms with van der Waals surface area (Å²) >= 11 is 0. The fourth-order valence-corrected chi connectivity index (χ4v) is 4.69. The van der Waals surface area contributed by atoms with E-state index in [1.165, 1.54) is 28.0 Å². The van der Waals surface area contributed by atoms with E-state index in [1.54, 1.807) is 7.05 Å². The highest BCUT2D eigenvalue weighted by molar-refractivity contribution is 5.88. The first-order chi connectivity index (χ1) is 20.7. The van der Waals surface area contributed by atoms with Crippen LogP contribution < -0.4 is 5.32 Å². The smallest absolute Gasteiger partial charge is 0.336 e. The molecule has 43 heavy (non-hydrogen) atoms. The number of aromatic nitrogens is 1. The molecular weight excluding hydrogens is 554 g/mol. The Bertz CT molecular complexity index is 1340. The maximum absolute atomic E-state index is 13.3. The summed E-state index contributed by atoms with van der Waals surface area (Å²) in [7, 11) is 1.59. The number of nitrogens with one attached hydrogen (secondary N) is 1. The molecule has 0 spiro atoms. The van der Waals surface area contributed by atoms with Crippen LogP contribution in [0.25, 0.3) is 11.1 Å². The molecule has 3 rings (SSSR count). The minimum absolute atomic E-state index is 0.156. The zero-order valence-corrected chi connectivity index (χ0v) is 25.2. The number of hydrogen-bond donors (Lipinski definition) is 3. The predicted molar refractivity (Wildman–Crippen MR) is 162 cm³/mol. The van der Waals surface area contributed by atoms with Crippen molar-refractivity contribution in [2.45, 2.75) is 71.0 Å². The van der Waals surface area contributed by atoms with Crippen molar-refractivity contribution in [3.05, 3.63) is 59.5 Å². The molecular formula is C32H43N3O8. The monoisotopic (exact) mass is 597 g/mol. The van der Waals surface area contributed by atoms with Crippen molar-refractivity contribution >= 4 is 34.6 Å². The number of nitrogens with zero attached hydrogens (tertiary/aromatic N) is 2. The average molecular weight is 598 g/mol. The molecule has 234 valence electrons. The SMILES string of the molecule is Cc1ccc(CCCCCOC(C(=O)N(C)CCCCCNc2ccc3ncoc3c2)C(OCC(=O)O)C(=O)O)cc1C. The number of likely N-dealkylation sites (N-methyl/N-ethyl adjacent to an activating group) is 1. The highest BCUT2D eigenvalue weighted by Crippen LogP contribution is 2.18. The molecule has 0 bridgehead atoms. The third kappa shape index (κ3) is 11.0. The number of unbranched alkanes of at least 4 members (excludes halogenated alkanes) is 4. The Balaban J connectivity index is 1.44. The number of carbonyl (C=O) groups excluding carboxylic acids is 1. The van der Waals surface area contributed by atoms with Crippen LogP contribution in [0.5, 0.6) is 0 Å². The number of carboxylic acids is 2. The third-order valence-corrected chi connectivity index (χ3v) is 7.33. The van der Waals surface area contributed by atoms with Gasteiger partial charge >= 0.3 is 11.9 Å². The van der Waals surface area contributed by atoms with Crippen molar-refractivity contribution < 1.29 is 38.5 Å². The zero-order chi connectivity index (χ0) is 31.2. The lowest BCUT2D eigenvalue weighted by Gasteiger charge is -2.27. The number of carboxylic acid groups (broad SMARTS) is 2. The topological polar surface area (TPSA) is 151 Å². The van der Waals surface area contributed by atoms with Gasteiger partial charge in [-0.2, -0.15) is 0 Å². The lowest BCUT2D eigenvalue weighted by Crippen LogP contribution is -2.50. The van der Waals surface area contributed by atoms with E-state index in [0.717, 1.165) is 49.9 Å². The molecule has 0 fully saturated rings. The van der Waals surface area contributed by atoms with Crippen molar-refractivity contribution in [3.8, 4) is 0 Å². The second kappa shape index (κ2) is 17.2. The summed E-state index contributed by atoms with van der Waals surface area (Å²) in [5.74, 6) is -3.32. The molecule has 0 saturated heterocycles. The fraction of sp³-hybridized carbons (Fsp3) is 0.500. The maximum Gasteiger partial charge on any atom is 0.336 e. The van der Waals surface area contributed by atoms with E-state index in [0.29, 0.717) is 25.0 Å². The Hall–Kier alpha value is -3.96. The summed E-state index contributed by atoms with van der Waals surface area (Å²) in [4.78, 5) is 41.8. The molecule has 2 atom stereocenters. The summed E-state index contributed by atoms with van der Waals surface area (Å²) in [6.45, 7) is 4.60. The van der Waals surface area contributed by atoms with E-state index in [9.17, 15) is 19.5 Å². The zero-order valence-electron chi connectivity index (χ0n) is 25.2. The normalized spacial score (nSPS) is 12.6. The van der Waals surface area contributed by atoms with E-state index in [-0.39, 0.29) is 6.61 Å². The van der Waals surface area contributed by atoms with Crippen molar-refractivity contribution in [1.29, 1.82) is 0 Å². The Morgan fingerprint density at radius 1 is 0.930 bits per heavy atom. The number of benzene rings is 2. The molecule has 0 radical (unpaired) electrons. The highest BCUT2D eigenvalue weighted by atomic mass is 16.6. The van der Waals surface area contributed by atoms with Crippen LogP contribution in [0.4, 0.5) is 5.69 Å². The molecule has 0 aliphatic carbocycles. The largest absolute Gasteiger partial charge is 0.480 e. The van der Waals surface area contributed by atoms with Gasteiger partial charge in [0.15, 0.2) is 24.2 Å². The first kappa shape index (κ1) is 33.5. The molecule has 0 aliphatic rings.